The first-order valence-corrected chi connectivity index (χ1v) is 8.20. The van der Waals surface area contributed by atoms with Crippen LogP contribution in [0.5, 0.6) is 0 Å². The normalized spacial score (nSPS) is 20.5. The Bertz CT molecular complexity index is 771. The average molecular weight is 344 g/mol. The second kappa shape index (κ2) is 7.41. The van der Waals surface area contributed by atoms with Crippen molar-refractivity contribution in [2.24, 2.45) is 10.2 Å². The molecule has 1 aromatic rings. The number of amidine groups is 1. The van der Waals surface area contributed by atoms with Crippen molar-refractivity contribution in [3.8, 4) is 0 Å². The number of fused-ring (bicyclic) bond motifs is 1. The Balaban J connectivity index is 1.68. The van der Waals surface area contributed by atoms with Gasteiger partial charge in [-0.25, -0.2) is 4.79 Å². The smallest absolute Gasteiger partial charge is 0.331 e. The van der Waals surface area contributed by atoms with Gasteiger partial charge in [0.05, 0.1) is 18.2 Å². The Morgan fingerprint density at radius 1 is 1.38 bits per heavy atom. The molecule has 124 valence electrons. The van der Waals surface area contributed by atoms with Crippen LogP contribution in [-0.4, -0.2) is 36.9 Å². The zero-order chi connectivity index (χ0) is 16.9. The lowest BCUT2D eigenvalue weighted by Gasteiger charge is -2.16. The molecule has 0 bridgehead atoms. The fourth-order valence-electron chi connectivity index (χ4n) is 2.37. The first kappa shape index (κ1) is 16.4. The van der Waals surface area contributed by atoms with Crippen molar-refractivity contribution < 1.29 is 14.3 Å². The van der Waals surface area contributed by atoms with Crippen LogP contribution in [0.15, 0.2) is 39.4 Å². The highest BCUT2D eigenvalue weighted by Gasteiger charge is 2.24. The topological polar surface area (TPSA) is 92.2 Å². The van der Waals surface area contributed by atoms with Crippen LogP contribution >= 0.6 is 11.8 Å². The van der Waals surface area contributed by atoms with Crippen LogP contribution in [-0.2, 0) is 27.3 Å². The SMILES string of the molecule is COC(=O)/C=C1/S/C(=N\N=Cc2ccc3c(c2)CCNC3)NC1=O. The van der Waals surface area contributed by atoms with E-state index in [-0.39, 0.29) is 10.8 Å². The van der Waals surface area contributed by atoms with Crippen LogP contribution in [0.1, 0.15) is 16.7 Å². The molecule has 0 aromatic heterocycles. The van der Waals surface area contributed by atoms with Crippen LogP contribution in [0.3, 0.4) is 0 Å². The van der Waals surface area contributed by atoms with Crippen molar-refractivity contribution in [1.29, 1.82) is 0 Å². The van der Waals surface area contributed by atoms with Gasteiger partial charge in [-0.2, -0.15) is 5.10 Å². The largest absolute Gasteiger partial charge is 0.466 e. The summed E-state index contributed by atoms with van der Waals surface area (Å²) in [5.41, 5.74) is 3.58. The predicted octanol–water partition coefficient (Wildman–Crippen LogP) is 0.942. The van der Waals surface area contributed by atoms with E-state index in [1.807, 2.05) is 6.07 Å². The molecule has 1 amide bonds. The number of ether oxygens (including phenoxy) is 1. The average Bonchev–Trinajstić information content (AvgIpc) is 2.94. The van der Waals surface area contributed by atoms with E-state index in [0.717, 1.165) is 42.9 Å². The van der Waals surface area contributed by atoms with Gasteiger partial charge in [-0.05, 0) is 47.5 Å². The molecule has 1 saturated heterocycles. The first-order chi connectivity index (χ1) is 11.7. The number of amides is 1. The van der Waals surface area contributed by atoms with Crippen molar-refractivity contribution in [2.75, 3.05) is 13.7 Å². The maximum atomic E-state index is 11.7. The number of rotatable bonds is 3. The first-order valence-electron chi connectivity index (χ1n) is 7.38. The number of methoxy groups -OCH3 is 1. The molecular formula is C16H16N4O3S. The van der Waals surface area contributed by atoms with Crippen molar-refractivity contribution in [3.63, 3.8) is 0 Å². The number of carbonyl (C=O) groups excluding carboxylic acids is 2. The van der Waals surface area contributed by atoms with Crippen LogP contribution in [0, 0.1) is 0 Å². The van der Waals surface area contributed by atoms with E-state index in [1.54, 1.807) is 6.21 Å². The Hall–Kier alpha value is -2.45. The lowest BCUT2D eigenvalue weighted by Crippen LogP contribution is -2.23. The summed E-state index contributed by atoms with van der Waals surface area (Å²) in [4.78, 5) is 23.1. The lowest BCUT2D eigenvalue weighted by atomic mass is 9.99. The molecule has 24 heavy (non-hydrogen) atoms. The van der Waals surface area contributed by atoms with Gasteiger partial charge in [0, 0.05) is 12.6 Å². The van der Waals surface area contributed by atoms with Crippen molar-refractivity contribution >= 4 is 35.0 Å². The second-order valence-electron chi connectivity index (χ2n) is 5.19. The molecule has 2 aliphatic rings. The highest BCUT2D eigenvalue weighted by molar-refractivity contribution is 8.18. The van der Waals surface area contributed by atoms with E-state index < -0.39 is 5.97 Å². The number of esters is 1. The molecule has 1 aromatic carbocycles. The molecule has 0 unspecified atom stereocenters. The summed E-state index contributed by atoms with van der Waals surface area (Å²) < 4.78 is 4.50. The molecule has 2 aliphatic heterocycles. The number of thioether (sulfide) groups is 1. The minimum Gasteiger partial charge on any atom is -0.466 e. The zero-order valence-corrected chi connectivity index (χ0v) is 13.9. The Morgan fingerprint density at radius 2 is 2.25 bits per heavy atom. The molecule has 0 aliphatic carbocycles. The minimum atomic E-state index is -0.582. The summed E-state index contributed by atoms with van der Waals surface area (Å²) in [7, 11) is 1.25. The standard InChI is InChI=1S/C16H16N4O3S/c1-23-14(21)7-13-15(22)19-16(24-13)20-18-8-10-2-3-12-9-17-5-4-11(12)6-10/h2-3,6-8,17H,4-5,9H2,1H3,(H,19,20,22)/b13-7+,18-8?. The summed E-state index contributed by atoms with van der Waals surface area (Å²) in [5, 5.41) is 14.2. The molecule has 0 radical (unpaired) electrons. The zero-order valence-electron chi connectivity index (χ0n) is 13.0. The lowest BCUT2D eigenvalue weighted by molar-refractivity contribution is -0.135. The third kappa shape index (κ3) is 3.90. The van der Waals surface area contributed by atoms with Crippen molar-refractivity contribution in [1.82, 2.24) is 10.6 Å². The van der Waals surface area contributed by atoms with E-state index in [1.165, 1.54) is 18.2 Å². The molecule has 3 rings (SSSR count). The number of nitrogens with zero attached hydrogens (tertiary/aromatic N) is 2. The molecule has 1 fully saturated rings. The maximum Gasteiger partial charge on any atom is 0.331 e. The minimum absolute atomic E-state index is 0.233. The number of hydrogen-bond acceptors (Lipinski definition) is 7. The molecular weight excluding hydrogens is 328 g/mol. The number of nitrogens with one attached hydrogen (secondary N) is 2. The van der Waals surface area contributed by atoms with Crippen molar-refractivity contribution in [2.45, 2.75) is 13.0 Å². The molecule has 0 spiro atoms. The Kier molecular flexibility index (Phi) is 5.07. The predicted molar refractivity (Wildman–Crippen MR) is 92.7 cm³/mol. The van der Waals surface area contributed by atoms with Crippen molar-refractivity contribution in [3.05, 3.63) is 45.9 Å². The van der Waals surface area contributed by atoms with E-state index >= 15 is 0 Å². The monoisotopic (exact) mass is 344 g/mol. The van der Waals surface area contributed by atoms with Gasteiger partial charge in [-0.15, -0.1) is 5.10 Å². The highest BCUT2D eigenvalue weighted by atomic mass is 32.2. The summed E-state index contributed by atoms with van der Waals surface area (Å²) in [5.74, 6) is -0.971. The molecule has 2 N–H and O–H groups in total. The third-order valence-electron chi connectivity index (χ3n) is 3.57. The van der Waals surface area contributed by atoms with Crippen LogP contribution in [0.4, 0.5) is 0 Å². The van der Waals surface area contributed by atoms with E-state index in [0.29, 0.717) is 5.17 Å². The fraction of sp³-hybridized carbons (Fsp3) is 0.250. The van der Waals surface area contributed by atoms with Crippen LogP contribution in [0.25, 0.3) is 0 Å². The quantitative estimate of drug-likeness (QED) is 0.368. The van der Waals surface area contributed by atoms with Crippen LogP contribution < -0.4 is 10.6 Å². The van der Waals surface area contributed by atoms with Crippen LogP contribution in [0.2, 0.25) is 0 Å². The van der Waals surface area contributed by atoms with Gasteiger partial charge in [0.2, 0.25) is 0 Å². The summed E-state index contributed by atoms with van der Waals surface area (Å²) in [6, 6.07) is 6.17. The Labute approximate surface area is 143 Å². The maximum absolute atomic E-state index is 11.7. The number of benzene rings is 1. The molecule has 8 heteroatoms. The second-order valence-corrected chi connectivity index (χ2v) is 6.22. The summed E-state index contributed by atoms with van der Waals surface area (Å²) >= 11 is 1.05. The van der Waals surface area contributed by atoms with Gasteiger partial charge < -0.3 is 10.1 Å². The molecule has 7 nitrogen and oxygen atoms in total. The number of carbonyl (C=O) groups is 2. The fourth-order valence-corrected chi connectivity index (χ4v) is 3.11. The van der Waals surface area contributed by atoms with Gasteiger partial charge in [0.15, 0.2) is 5.17 Å². The summed E-state index contributed by atoms with van der Waals surface area (Å²) in [6.07, 6.45) is 3.77. The van der Waals surface area contributed by atoms with Gasteiger partial charge >= 0.3 is 5.97 Å². The van der Waals surface area contributed by atoms with E-state index in [9.17, 15) is 9.59 Å². The summed E-state index contributed by atoms with van der Waals surface area (Å²) in [6.45, 7) is 1.88. The third-order valence-corrected chi connectivity index (χ3v) is 4.47. The van der Waals surface area contributed by atoms with Gasteiger partial charge in [0.25, 0.3) is 5.91 Å². The van der Waals surface area contributed by atoms with Gasteiger partial charge in [0.1, 0.15) is 0 Å². The molecule has 2 heterocycles. The number of hydrogen-bond donors (Lipinski definition) is 2. The Morgan fingerprint density at radius 3 is 3.08 bits per heavy atom. The van der Waals surface area contributed by atoms with E-state index in [2.05, 4.69) is 37.7 Å². The molecule has 0 saturated carbocycles. The molecule has 0 atom stereocenters. The van der Waals surface area contributed by atoms with Gasteiger partial charge in [-0.3, -0.25) is 10.1 Å². The highest BCUT2D eigenvalue weighted by Crippen LogP contribution is 2.23. The van der Waals surface area contributed by atoms with Gasteiger partial charge in [-0.1, -0.05) is 12.1 Å². The van der Waals surface area contributed by atoms with E-state index in [4.69, 9.17) is 0 Å².